The fourth-order valence-corrected chi connectivity index (χ4v) is 4.05. The Labute approximate surface area is 120 Å². The van der Waals surface area contributed by atoms with Crippen molar-refractivity contribution in [3.63, 3.8) is 0 Å². The molecule has 1 aliphatic heterocycles. The molecule has 1 aliphatic carbocycles. The van der Waals surface area contributed by atoms with Gasteiger partial charge in [-0.1, -0.05) is 43.5 Å². The highest BCUT2D eigenvalue weighted by Gasteiger charge is 2.37. The molecule has 2 unspecified atom stereocenters. The van der Waals surface area contributed by atoms with Crippen molar-refractivity contribution in [2.24, 2.45) is 11.8 Å². The van der Waals surface area contributed by atoms with Crippen molar-refractivity contribution >= 4 is 10.8 Å². The monoisotopic (exact) mass is 265 g/mol. The van der Waals surface area contributed by atoms with Crippen molar-refractivity contribution in [1.82, 2.24) is 10.3 Å². The van der Waals surface area contributed by atoms with E-state index in [0.717, 1.165) is 12.5 Å². The van der Waals surface area contributed by atoms with Crippen LogP contribution in [0.3, 0.4) is 0 Å². The number of aromatic nitrogens is 1. The Kier molecular flexibility index (Phi) is 3.19. The number of rotatable bonds is 1. The molecule has 20 heavy (non-hydrogen) atoms. The predicted molar refractivity (Wildman–Crippen MR) is 82.2 cm³/mol. The molecule has 4 rings (SSSR count). The molecule has 2 heteroatoms. The normalized spacial score (nSPS) is 27.4. The van der Waals surface area contributed by atoms with E-state index in [1.807, 2.05) is 6.20 Å². The molecule has 0 spiro atoms. The molecule has 2 aliphatic rings. The van der Waals surface area contributed by atoms with E-state index < -0.39 is 0 Å². The topological polar surface area (TPSA) is 24.9 Å². The van der Waals surface area contributed by atoms with Crippen LogP contribution in [0, 0.1) is 17.9 Å². The van der Waals surface area contributed by atoms with Gasteiger partial charge in [-0.15, -0.1) is 0 Å². The molecule has 1 aromatic heterocycles. The largest absolute Gasteiger partial charge is 0.304 e. The molecule has 1 aromatic carbocycles. The molecule has 2 nitrogen and oxygen atoms in total. The minimum Gasteiger partial charge on any atom is -0.304 e. The number of nitrogens with one attached hydrogen (secondary N) is 1. The maximum Gasteiger partial charge on any atom is 0.0890 e. The van der Waals surface area contributed by atoms with Gasteiger partial charge >= 0.3 is 0 Å². The Balaban J connectivity index is 1.77. The number of hydrogen-bond acceptors (Lipinski definition) is 2. The standard InChI is InChI=1S/C18H21N2/c1-3-7-15-13(5-1)9-11-19-17(15)18-16-8-4-2-6-14(16)10-12-20-18/h1,3,5,7,9,11,14,16,20H,2,4,6,8,10,12H2. The van der Waals surface area contributed by atoms with Crippen LogP contribution in [-0.2, 0) is 0 Å². The molecule has 103 valence electrons. The summed E-state index contributed by atoms with van der Waals surface area (Å²) in [5.41, 5.74) is 1.19. The van der Waals surface area contributed by atoms with Gasteiger partial charge in [0.25, 0.3) is 0 Å². The molecule has 1 saturated carbocycles. The number of fused-ring (bicyclic) bond motifs is 2. The Morgan fingerprint density at radius 1 is 1.00 bits per heavy atom. The van der Waals surface area contributed by atoms with Crippen LogP contribution in [0.15, 0.2) is 36.5 Å². The van der Waals surface area contributed by atoms with Crippen molar-refractivity contribution in [2.45, 2.75) is 32.1 Å². The second-order valence-corrected chi connectivity index (χ2v) is 6.16. The first-order chi connectivity index (χ1) is 9.93. The Morgan fingerprint density at radius 2 is 1.90 bits per heavy atom. The summed E-state index contributed by atoms with van der Waals surface area (Å²) in [7, 11) is 0. The van der Waals surface area contributed by atoms with Crippen LogP contribution in [0.1, 0.15) is 37.8 Å². The van der Waals surface area contributed by atoms with E-state index in [0.29, 0.717) is 5.92 Å². The second kappa shape index (κ2) is 5.17. The van der Waals surface area contributed by atoms with Crippen LogP contribution in [0.5, 0.6) is 0 Å². The molecule has 2 fully saturated rings. The summed E-state index contributed by atoms with van der Waals surface area (Å²) in [6.07, 6.45) is 8.81. The van der Waals surface area contributed by atoms with Crippen molar-refractivity contribution in [3.05, 3.63) is 48.3 Å². The average Bonchev–Trinajstić information content (AvgIpc) is 2.54. The lowest BCUT2D eigenvalue weighted by molar-refractivity contribution is 0.195. The van der Waals surface area contributed by atoms with Crippen LogP contribution in [0.4, 0.5) is 0 Å². The lowest BCUT2D eigenvalue weighted by atomic mass is 9.70. The molecule has 0 bridgehead atoms. The predicted octanol–water partition coefficient (Wildman–Crippen LogP) is 3.91. The molecule has 2 heterocycles. The number of pyridine rings is 1. The summed E-state index contributed by atoms with van der Waals surface area (Å²) in [5.74, 6) is 1.58. The Morgan fingerprint density at radius 3 is 2.90 bits per heavy atom. The van der Waals surface area contributed by atoms with Gasteiger partial charge < -0.3 is 5.32 Å². The average molecular weight is 265 g/mol. The summed E-state index contributed by atoms with van der Waals surface area (Å²) in [6, 6.07) is 12.1. The smallest absolute Gasteiger partial charge is 0.0890 e. The van der Waals surface area contributed by atoms with E-state index in [1.54, 1.807) is 0 Å². The number of hydrogen-bond donors (Lipinski definition) is 1. The summed E-state index contributed by atoms with van der Waals surface area (Å²) in [5, 5.41) is 6.27. The third-order valence-electron chi connectivity index (χ3n) is 5.04. The zero-order chi connectivity index (χ0) is 13.4. The van der Waals surface area contributed by atoms with Crippen molar-refractivity contribution in [3.8, 4) is 0 Å². The lowest BCUT2D eigenvalue weighted by Gasteiger charge is -2.41. The highest BCUT2D eigenvalue weighted by atomic mass is 15.0. The van der Waals surface area contributed by atoms with Crippen LogP contribution in [0.25, 0.3) is 10.8 Å². The van der Waals surface area contributed by atoms with Crippen molar-refractivity contribution in [1.29, 1.82) is 0 Å². The fraction of sp³-hybridized carbons (Fsp3) is 0.444. The minimum absolute atomic E-state index is 0.704. The quantitative estimate of drug-likeness (QED) is 0.845. The molecule has 2 aromatic rings. The Bertz CT molecular complexity index is 600. The first kappa shape index (κ1) is 12.3. The summed E-state index contributed by atoms with van der Waals surface area (Å²) >= 11 is 0. The summed E-state index contributed by atoms with van der Waals surface area (Å²) in [4.78, 5) is 4.72. The van der Waals surface area contributed by atoms with Gasteiger partial charge in [-0.2, -0.15) is 0 Å². The van der Waals surface area contributed by atoms with Gasteiger partial charge in [-0.05, 0) is 42.7 Å². The van der Waals surface area contributed by atoms with Crippen molar-refractivity contribution in [2.75, 3.05) is 6.54 Å². The molecule has 1 N–H and O–H groups in total. The molecular formula is C18H21N2. The van der Waals surface area contributed by atoms with Crippen LogP contribution in [0.2, 0.25) is 0 Å². The van der Waals surface area contributed by atoms with Crippen LogP contribution < -0.4 is 5.32 Å². The van der Waals surface area contributed by atoms with E-state index in [1.165, 1.54) is 54.6 Å². The van der Waals surface area contributed by atoms with E-state index in [2.05, 4.69) is 35.6 Å². The van der Waals surface area contributed by atoms with Crippen LogP contribution in [-0.4, -0.2) is 11.5 Å². The van der Waals surface area contributed by atoms with E-state index >= 15 is 0 Å². The zero-order valence-electron chi connectivity index (χ0n) is 11.8. The second-order valence-electron chi connectivity index (χ2n) is 6.16. The van der Waals surface area contributed by atoms with Gasteiger partial charge in [0.1, 0.15) is 0 Å². The van der Waals surface area contributed by atoms with Gasteiger partial charge in [-0.3, -0.25) is 4.98 Å². The van der Waals surface area contributed by atoms with Gasteiger partial charge in [0.05, 0.1) is 11.7 Å². The SMILES string of the molecule is c1ccc2c([C]3NCCC4CCCCC34)nccc2c1. The molecule has 2 atom stereocenters. The van der Waals surface area contributed by atoms with Gasteiger partial charge in [0, 0.05) is 11.6 Å². The minimum atomic E-state index is 0.704. The molecule has 1 saturated heterocycles. The van der Waals surface area contributed by atoms with Crippen LogP contribution >= 0.6 is 0 Å². The first-order valence-corrected chi connectivity index (χ1v) is 7.88. The summed E-state index contributed by atoms with van der Waals surface area (Å²) in [6.45, 7) is 1.11. The summed E-state index contributed by atoms with van der Waals surface area (Å²) < 4.78 is 0. The third-order valence-corrected chi connectivity index (χ3v) is 5.04. The zero-order valence-corrected chi connectivity index (χ0v) is 11.8. The van der Waals surface area contributed by atoms with Gasteiger partial charge in [-0.25, -0.2) is 0 Å². The first-order valence-electron chi connectivity index (χ1n) is 7.88. The molecular weight excluding hydrogens is 244 g/mol. The van der Waals surface area contributed by atoms with Crippen molar-refractivity contribution < 1.29 is 0 Å². The van der Waals surface area contributed by atoms with E-state index in [4.69, 9.17) is 4.98 Å². The van der Waals surface area contributed by atoms with E-state index in [9.17, 15) is 0 Å². The third kappa shape index (κ3) is 2.03. The maximum absolute atomic E-state index is 4.72. The van der Waals surface area contributed by atoms with Gasteiger partial charge in [0.2, 0.25) is 0 Å². The lowest BCUT2D eigenvalue weighted by Crippen LogP contribution is -2.42. The number of piperidine rings is 1. The number of benzene rings is 1. The molecule has 1 radical (unpaired) electrons. The highest BCUT2D eigenvalue weighted by Crippen LogP contribution is 2.42. The number of nitrogens with zero attached hydrogens (tertiary/aromatic N) is 1. The van der Waals surface area contributed by atoms with E-state index in [-0.39, 0.29) is 0 Å². The maximum atomic E-state index is 4.72. The highest BCUT2D eigenvalue weighted by molar-refractivity contribution is 5.85. The fourth-order valence-electron chi connectivity index (χ4n) is 4.05. The van der Waals surface area contributed by atoms with Gasteiger partial charge in [0.15, 0.2) is 0 Å². The molecule has 0 amide bonds. The Hall–Kier alpha value is -1.41.